The standard InChI is InChI=1S/C9H11BrClNO/c1-5(12)2-6-3-7(11)4-8(10)9(6)13/h3-5,13H,2,12H2,1H3. The van der Waals surface area contributed by atoms with Gasteiger partial charge in [-0.2, -0.15) is 0 Å². The molecule has 0 radical (unpaired) electrons. The van der Waals surface area contributed by atoms with E-state index in [-0.39, 0.29) is 11.8 Å². The predicted octanol–water partition coefficient (Wildman–Crippen LogP) is 2.70. The molecule has 0 heterocycles. The molecule has 0 aliphatic heterocycles. The van der Waals surface area contributed by atoms with E-state index < -0.39 is 0 Å². The molecule has 1 atom stereocenters. The number of hydrogen-bond acceptors (Lipinski definition) is 2. The minimum atomic E-state index is 0.0104. The molecule has 0 saturated heterocycles. The number of aromatic hydroxyl groups is 1. The lowest BCUT2D eigenvalue weighted by atomic mass is 10.1. The van der Waals surface area contributed by atoms with E-state index in [1.807, 2.05) is 6.92 Å². The molecule has 0 saturated carbocycles. The molecule has 0 aromatic heterocycles. The van der Waals surface area contributed by atoms with Crippen LogP contribution in [0.4, 0.5) is 0 Å². The number of halogens is 2. The molecule has 0 fully saturated rings. The molecule has 0 aliphatic carbocycles. The van der Waals surface area contributed by atoms with Gasteiger partial charge in [0.1, 0.15) is 5.75 Å². The molecule has 4 heteroatoms. The first-order valence-corrected chi connectivity index (χ1v) is 5.10. The zero-order valence-electron chi connectivity index (χ0n) is 7.22. The second-order valence-corrected chi connectivity index (χ2v) is 4.37. The van der Waals surface area contributed by atoms with Crippen LogP contribution in [0.5, 0.6) is 5.75 Å². The van der Waals surface area contributed by atoms with Crippen LogP contribution in [0.3, 0.4) is 0 Å². The number of nitrogens with two attached hydrogens (primary N) is 1. The molecule has 0 bridgehead atoms. The lowest BCUT2D eigenvalue weighted by molar-refractivity contribution is 0.462. The summed E-state index contributed by atoms with van der Waals surface area (Å²) in [5.74, 6) is 0.224. The Hall–Kier alpha value is -0.250. The lowest BCUT2D eigenvalue weighted by Gasteiger charge is -2.09. The van der Waals surface area contributed by atoms with E-state index >= 15 is 0 Å². The Bertz CT molecular complexity index is 315. The SMILES string of the molecule is CC(N)Cc1cc(Cl)cc(Br)c1O. The lowest BCUT2D eigenvalue weighted by Crippen LogP contribution is -2.17. The summed E-state index contributed by atoms with van der Waals surface area (Å²) >= 11 is 9.04. The van der Waals surface area contributed by atoms with E-state index in [9.17, 15) is 5.11 Å². The molecule has 72 valence electrons. The van der Waals surface area contributed by atoms with Crippen molar-refractivity contribution < 1.29 is 5.11 Å². The highest BCUT2D eigenvalue weighted by Gasteiger charge is 2.08. The van der Waals surface area contributed by atoms with Crippen LogP contribution in [0.15, 0.2) is 16.6 Å². The van der Waals surface area contributed by atoms with Gasteiger partial charge in [0.05, 0.1) is 4.47 Å². The van der Waals surface area contributed by atoms with Crippen LogP contribution in [0.25, 0.3) is 0 Å². The normalized spacial score (nSPS) is 12.9. The predicted molar refractivity (Wildman–Crippen MR) is 58.2 cm³/mol. The number of rotatable bonds is 2. The Labute approximate surface area is 90.8 Å². The van der Waals surface area contributed by atoms with Crippen molar-refractivity contribution >= 4 is 27.5 Å². The Morgan fingerprint density at radius 2 is 2.23 bits per heavy atom. The number of benzene rings is 1. The van der Waals surface area contributed by atoms with Gasteiger partial charge in [0, 0.05) is 11.1 Å². The summed E-state index contributed by atoms with van der Waals surface area (Å²) in [5, 5.41) is 10.2. The quantitative estimate of drug-likeness (QED) is 0.863. The van der Waals surface area contributed by atoms with Crippen LogP contribution in [0.1, 0.15) is 12.5 Å². The third-order valence-electron chi connectivity index (χ3n) is 1.65. The van der Waals surface area contributed by atoms with Crippen molar-refractivity contribution in [1.29, 1.82) is 0 Å². The van der Waals surface area contributed by atoms with Crippen LogP contribution < -0.4 is 5.73 Å². The van der Waals surface area contributed by atoms with Gasteiger partial charge in [-0.1, -0.05) is 11.6 Å². The Balaban J connectivity index is 3.05. The summed E-state index contributed by atoms with van der Waals surface area (Å²) < 4.78 is 0.607. The summed E-state index contributed by atoms with van der Waals surface area (Å²) in [7, 11) is 0. The molecular formula is C9H11BrClNO. The van der Waals surface area contributed by atoms with E-state index in [1.54, 1.807) is 12.1 Å². The third kappa shape index (κ3) is 2.86. The van der Waals surface area contributed by atoms with Gasteiger partial charge in [-0.25, -0.2) is 0 Å². The van der Waals surface area contributed by atoms with Crippen molar-refractivity contribution in [3.8, 4) is 5.75 Å². The topological polar surface area (TPSA) is 46.2 Å². The molecule has 0 aliphatic rings. The maximum atomic E-state index is 9.61. The van der Waals surface area contributed by atoms with Crippen molar-refractivity contribution in [3.63, 3.8) is 0 Å². The summed E-state index contributed by atoms with van der Waals surface area (Å²) in [6.45, 7) is 1.88. The molecular weight excluding hydrogens is 253 g/mol. The average molecular weight is 265 g/mol. The summed E-state index contributed by atoms with van der Waals surface area (Å²) in [4.78, 5) is 0. The minimum absolute atomic E-state index is 0.0104. The maximum absolute atomic E-state index is 9.61. The van der Waals surface area contributed by atoms with Gasteiger partial charge in [-0.3, -0.25) is 0 Å². The fourth-order valence-electron chi connectivity index (χ4n) is 1.12. The number of phenols is 1. The molecule has 0 amide bonds. The first-order chi connectivity index (χ1) is 6.00. The molecule has 13 heavy (non-hydrogen) atoms. The van der Waals surface area contributed by atoms with E-state index in [2.05, 4.69) is 15.9 Å². The fourth-order valence-corrected chi connectivity index (χ4v) is 2.00. The zero-order chi connectivity index (χ0) is 10.0. The molecule has 1 aromatic carbocycles. The zero-order valence-corrected chi connectivity index (χ0v) is 9.56. The number of phenolic OH excluding ortho intramolecular Hbond substituents is 1. The highest BCUT2D eigenvalue weighted by atomic mass is 79.9. The van der Waals surface area contributed by atoms with Crippen LogP contribution in [0, 0.1) is 0 Å². The highest BCUT2D eigenvalue weighted by Crippen LogP contribution is 2.31. The van der Waals surface area contributed by atoms with Crippen molar-refractivity contribution in [2.45, 2.75) is 19.4 Å². The van der Waals surface area contributed by atoms with Gasteiger partial charge in [0.15, 0.2) is 0 Å². The van der Waals surface area contributed by atoms with Gasteiger partial charge < -0.3 is 10.8 Å². The molecule has 2 nitrogen and oxygen atoms in total. The number of hydrogen-bond donors (Lipinski definition) is 2. The highest BCUT2D eigenvalue weighted by molar-refractivity contribution is 9.10. The van der Waals surface area contributed by atoms with E-state index in [0.717, 1.165) is 5.56 Å². The Morgan fingerprint density at radius 3 is 2.77 bits per heavy atom. The smallest absolute Gasteiger partial charge is 0.133 e. The van der Waals surface area contributed by atoms with Crippen LogP contribution >= 0.6 is 27.5 Å². The van der Waals surface area contributed by atoms with Gasteiger partial charge in [0.25, 0.3) is 0 Å². The largest absolute Gasteiger partial charge is 0.506 e. The second kappa shape index (κ2) is 4.31. The van der Waals surface area contributed by atoms with Gasteiger partial charge in [0.2, 0.25) is 0 Å². The average Bonchev–Trinajstić information content (AvgIpc) is 1.98. The van der Waals surface area contributed by atoms with Crippen molar-refractivity contribution in [3.05, 3.63) is 27.2 Å². The maximum Gasteiger partial charge on any atom is 0.133 e. The van der Waals surface area contributed by atoms with Gasteiger partial charge in [-0.15, -0.1) is 0 Å². The second-order valence-electron chi connectivity index (χ2n) is 3.08. The minimum Gasteiger partial charge on any atom is -0.506 e. The van der Waals surface area contributed by atoms with E-state index in [1.165, 1.54) is 0 Å². The van der Waals surface area contributed by atoms with Crippen LogP contribution in [-0.4, -0.2) is 11.1 Å². The first kappa shape index (κ1) is 10.8. The molecule has 1 aromatic rings. The first-order valence-electron chi connectivity index (χ1n) is 3.93. The van der Waals surface area contributed by atoms with Crippen molar-refractivity contribution in [2.24, 2.45) is 5.73 Å². The van der Waals surface area contributed by atoms with Crippen LogP contribution in [-0.2, 0) is 6.42 Å². The van der Waals surface area contributed by atoms with Crippen LogP contribution in [0.2, 0.25) is 5.02 Å². The van der Waals surface area contributed by atoms with Gasteiger partial charge in [-0.05, 0) is 47.0 Å². The monoisotopic (exact) mass is 263 g/mol. The van der Waals surface area contributed by atoms with Gasteiger partial charge >= 0.3 is 0 Å². The van der Waals surface area contributed by atoms with E-state index in [4.69, 9.17) is 17.3 Å². The fraction of sp³-hybridized carbons (Fsp3) is 0.333. The third-order valence-corrected chi connectivity index (χ3v) is 2.47. The molecule has 1 rings (SSSR count). The summed E-state index contributed by atoms with van der Waals surface area (Å²) in [6.07, 6.45) is 0.616. The summed E-state index contributed by atoms with van der Waals surface area (Å²) in [5.41, 5.74) is 6.40. The van der Waals surface area contributed by atoms with E-state index in [0.29, 0.717) is 15.9 Å². The summed E-state index contributed by atoms with van der Waals surface area (Å²) in [6, 6.07) is 3.39. The Morgan fingerprint density at radius 1 is 1.62 bits per heavy atom. The van der Waals surface area contributed by atoms with Crippen molar-refractivity contribution in [1.82, 2.24) is 0 Å². The van der Waals surface area contributed by atoms with Crippen molar-refractivity contribution in [2.75, 3.05) is 0 Å². The molecule has 1 unspecified atom stereocenters. The Kier molecular flexibility index (Phi) is 3.59. The molecule has 3 N–H and O–H groups in total. The molecule has 0 spiro atoms.